The molecule has 1 aromatic carbocycles. The molecule has 0 amide bonds. The fraction of sp³-hybridized carbons (Fsp3) is 0.250. The SMILES string of the molecule is Cc1ccccc1NCCc1nc2ncccc2n1C. The minimum Gasteiger partial charge on any atom is -0.384 e. The smallest absolute Gasteiger partial charge is 0.177 e. The molecule has 0 radical (unpaired) electrons. The lowest BCUT2D eigenvalue weighted by atomic mass is 10.2. The molecule has 2 heterocycles. The largest absolute Gasteiger partial charge is 0.384 e. The third kappa shape index (κ3) is 2.37. The Morgan fingerprint density at radius 1 is 1.15 bits per heavy atom. The van der Waals surface area contributed by atoms with E-state index >= 15 is 0 Å². The maximum absolute atomic E-state index is 4.58. The number of hydrogen-bond donors (Lipinski definition) is 1. The zero-order valence-corrected chi connectivity index (χ0v) is 11.8. The van der Waals surface area contributed by atoms with Gasteiger partial charge in [-0.25, -0.2) is 9.97 Å². The summed E-state index contributed by atoms with van der Waals surface area (Å²) in [5.74, 6) is 1.06. The zero-order chi connectivity index (χ0) is 13.9. The molecular formula is C16H18N4. The van der Waals surface area contributed by atoms with E-state index < -0.39 is 0 Å². The highest BCUT2D eigenvalue weighted by molar-refractivity contribution is 5.71. The molecule has 0 fully saturated rings. The van der Waals surface area contributed by atoms with Gasteiger partial charge in [0.1, 0.15) is 5.82 Å². The van der Waals surface area contributed by atoms with Crippen molar-refractivity contribution in [3.63, 3.8) is 0 Å². The Morgan fingerprint density at radius 3 is 2.80 bits per heavy atom. The molecule has 102 valence electrons. The van der Waals surface area contributed by atoms with Crippen molar-refractivity contribution in [3.8, 4) is 0 Å². The standard InChI is InChI=1S/C16H18N4/c1-12-6-3-4-7-13(12)17-11-9-15-19-16-14(20(15)2)8-5-10-18-16/h3-8,10,17H,9,11H2,1-2H3. The number of nitrogens with one attached hydrogen (secondary N) is 1. The topological polar surface area (TPSA) is 42.7 Å². The van der Waals surface area contributed by atoms with Gasteiger partial charge in [0.2, 0.25) is 0 Å². The Bertz CT molecular complexity index is 730. The van der Waals surface area contributed by atoms with Crippen molar-refractivity contribution >= 4 is 16.9 Å². The molecule has 0 saturated carbocycles. The lowest BCUT2D eigenvalue weighted by Crippen LogP contribution is -2.09. The fourth-order valence-corrected chi connectivity index (χ4v) is 2.38. The summed E-state index contributed by atoms with van der Waals surface area (Å²) in [4.78, 5) is 8.87. The van der Waals surface area contributed by atoms with Crippen molar-refractivity contribution in [2.75, 3.05) is 11.9 Å². The minimum absolute atomic E-state index is 0.820. The quantitative estimate of drug-likeness (QED) is 0.789. The van der Waals surface area contributed by atoms with Crippen LogP contribution in [0.25, 0.3) is 11.2 Å². The molecule has 3 rings (SSSR count). The zero-order valence-electron chi connectivity index (χ0n) is 11.8. The molecule has 4 heteroatoms. The number of para-hydroxylation sites is 1. The lowest BCUT2D eigenvalue weighted by Gasteiger charge is -2.09. The fourth-order valence-electron chi connectivity index (χ4n) is 2.38. The van der Waals surface area contributed by atoms with Gasteiger partial charge in [-0.3, -0.25) is 0 Å². The molecule has 0 bridgehead atoms. The van der Waals surface area contributed by atoms with Gasteiger partial charge in [-0.2, -0.15) is 0 Å². The number of imidazole rings is 1. The predicted octanol–water partition coefficient (Wildman–Crippen LogP) is 2.93. The van der Waals surface area contributed by atoms with E-state index in [4.69, 9.17) is 0 Å². The third-order valence-electron chi connectivity index (χ3n) is 3.56. The molecule has 0 aliphatic heterocycles. The van der Waals surface area contributed by atoms with E-state index in [9.17, 15) is 0 Å². The van der Waals surface area contributed by atoms with Gasteiger partial charge >= 0.3 is 0 Å². The highest BCUT2D eigenvalue weighted by Gasteiger charge is 2.07. The van der Waals surface area contributed by atoms with Gasteiger partial charge in [-0.05, 0) is 30.7 Å². The van der Waals surface area contributed by atoms with Crippen LogP contribution in [0.2, 0.25) is 0 Å². The molecule has 1 N–H and O–H groups in total. The maximum atomic E-state index is 4.58. The van der Waals surface area contributed by atoms with Crippen LogP contribution in [0.15, 0.2) is 42.6 Å². The van der Waals surface area contributed by atoms with E-state index in [0.29, 0.717) is 0 Å². The summed E-state index contributed by atoms with van der Waals surface area (Å²) in [6.45, 7) is 2.98. The average molecular weight is 266 g/mol. The monoisotopic (exact) mass is 266 g/mol. The van der Waals surface area contributed by atoms with E-state index in [0.717, 1.165) is 30.0 Å². The summed E-state index contributed by atoms with van der Waals surface area (Å²) in [6, 6.07) is 12.3. The molecule has 4 nitrogen and oxygen atoms in total. The molecule has 0 saturated heterocycles. The van der Waals surface area contributed by atoms with Gasteiger partial charge in [-0.15, -0.1) is 0 Å². The second kappa shape index (κ2) is 5.33. The van der Waals surface area contributed by atoms with E-state index in [1.807, 2.05) is 25.2 Å². The van der Waals surface area contributed by atoms with Gasteiger partial charge < -0.3 is 9.88 Å². The van der Waals surface area contributed by atoms with Crippen molar-refractivity contribution in [2.45, 2.75) is 13.3 Å². The highest BCUT2D eigenvalue weighted by Crippen LogP contribution is 2.14. The Kier molecular flexibility index (Phi) is 3.37. The van der Waals surface area contributed by atoms with Crippen molar-refractivity contribution in [1.82, 2.24) is 14.5 Å². The van der Waals surface area contributed by atoms with E-state index in [1.165, 1.54) is 11.3 Å². The molecule has 0 spiro atoms. The molecule has 0 unspecified atom stereocenters. The van der Waals surface area contributed by atoms with Gasteiger partial charge in [0.15, 0.2) is 5.65 Å². The van der Waals surface area contributed by atoms with Crippen molar-refractivity contribution in [2.24, 2.45) is 7.05 Å². The van der Waals surface area contributed by atoms with Crippen molar-refractivity contribution in [3.05, 3.63) is 54.0 Å². The Labute approximate surface area is 118 Å². The van der Waals surface area contributed by atoms with Crippen LogP contribution in [0.5, 0.6) is 0 Å². The second-order valence-electron chi connectivity index (χ2n) is 4.92. The number of fused-ring (bicyclic) bond motifs is 1. The normalized spacial score (nSPS) is 10.9. The van der Waals surface area contributed by atoms with Crippen LogP contribution in [-0.2, 0) is 13.5 Å². The first-order valence-corrected chi connectivity index (χ1v) is 6.81. The molecule has 0 atom stereocenters. The Balaban J connectivity index is 1.71. The number of benzene rings is 1. The van der Waals surface area contributed by atoms with Gasteiger partial charge in [0.25, 0.3) is 0 Å². The Hall–Kier alpha value is -2.36. The van der Waals surface area contributed by atoms with Gasteiger partial charge in [0, 0.05) is 31.9 Å². The molecule has 0 aliphatic rings. The van der Waals surface area contributed by atoms with E-state index in [2.05, 4.69) is 45.0 Å². The first kappa shape index (κ1) is 12.7. The molecular weight excluding hydrogens is 248 g/mol. The number of aromatic nitrogens is 3. The predicted molar refractivity (Wildman–Crippen MR) is 81.9 cm³/mol. The summed E-state index contributed by atoms with van der Waals surface area (Å²) in [5.41, 5.74) is 4.35. The lowest BCUT2D eigenvalue weighted by molar-refractivity contribution is 0.807. The van der Waals surface area contributed by atoms with Crippen LogP contribution in [0.1, 0.15) is 11.4 Å². The van der Waals surface area contributed by atoms with Gasteiger partial charge in [0.05, 0.1) is 5.52 Å². The van der Waals surface area contributed by atoms with Crippen molar-refractivity contribution in [1.29, 1.82) is 0 Å². The summed E-state index contributed by atoms with van der Waals surface area (Å²) in [5, 5.41) is 3.46. The minimum atomic E-state index is 0.820. The number of pyridine rings is 1. The van der Waals surface area contributed by atoms with Gasteiger partial charge in [-0.1, -0.05) is 18.2 Å². The van der Waals surface area contributed by atoms with Crippen LogP contribution >= 0.6 is 0 Å². The molecule has 20 heavy (non-hydrogen) atoms. The summed E-state index contributed by atoms with van der Waals surface area (Å²) < 4.78 is 2.11. The number of aryl methyl sites for hydroxylation is 2. The number of anilines is 1. The molecule has 0 aliphatic carbocycles. The van der Waals surface area contributed by atoms with Crippen LogP contribution in [0.4, 0.5) is 5.69 Å². The third-order valence-corrected chi connectivity index (χ3v) is 3.56. The van der Waals surface area contributed by atoms with Crippen molar-refractivity contribution < 1.29 is 0 Å². The molecule has 2 aromatic heterocycles. The summed E-state index contributed by atoms with van der Waals surface area (Å²) in [7, 11) is 2.04. The van der Waals surface area contributed by atoms with Crippen LogP contribution in [-0.4, -0.2) is 21.1 Å². The first-order chi connectivity index (χ1) is 9.75. The summed E-state index contributed by atoms with van der Waals surface area (Å²) >= 11 is 0. The van der Waals surface area contributed by atoms with Crippen LogP contribution in [0.3, 0.4) is 0 Å². The van der Waals surface area contributed by atoms with E-state index in [1.54, 1.807) is 6.20 Å². The number of hydrogen-bond acceptors (Lipinski definition) is 3. The van der Waals surface area contributed by atoms with E-state index in [-0.39, 0.29) is 0 Å². The Morgan fingerprint density at radius 2 is 2.00 bits per heavy atom. The maximum Gasteiger partial charge on any atom is 0.177 e. The molecule has 3 aromatic rings. The number of nitrogens with zero attached hydrogens (tertiary/aromatic N) is 3. The number of rotatable bonds is 4. The summed E-state index contributed by atoms with van der Waals surface area (Å²) in [6.07, 6.45) is 2.66. The average Bonchev–Trinajstić information content (AvgIpc) is 2.78. The highest BCUT2D eigenvalue weighted by atomic mass is 15.1. The second-order valence-corrected chi connectivity index (χ2v) is 4.92. The van der Waals surface area contributed by atoms with Crippen LogP contribution in [0, 0.1) is 6.92 Å². The van der Waals surface area contributed by atoms with Crippen LogP contribution < -0.4 is 5.32 Å². The first-order valence-electron chi connectivity index (χ1n) is 6.81.